The maximum atomic E-state index is 13.1. The number of benzene rings is 2. The zero-order valence-electron chi connectivity index (χ0n) is 24.7. The molecule has 4 heteroatoms. The van der Waals surface area contributed by atoms with E-state index in [-0.39, 0.29) is 46.8 Å². The fourth-order valence-corrected chi connectivity index (χ4v) is 4.68. The molecule has 0 saturated heterocycles. The second-order valence-electron chi connectivity index (χ2n) is 12.6. The Balaban J connectivity index is 2.23. The molecular formula is C33H48O4. The minimum Gasteiger partial charge on any atom is -0.458 e. The lowest BCUT2D eigenvalue weighted by atomic mass is 9.84. The Morgan fingerprint density at radius 2 is 1.11 bits per heavy atom. The van der Waals surface area contributed by atoms with Crippen LogP contribution in [-0.2, 0) is 20.3 Å². The standard InChI is InChI=1S/C33H48O4/c1-11-13-28(36-30(34)23-14-18-25(19-15-23)32(5,6)7)27(12-2)29(22(3)4)37-31(35)24-16-20-26(21-17-24)33(8,9)10/h14-22,27-29H,11-13H2,1-10H3. The molecule has 0 N–H and O–H groups in total. The predicted molar refractivity (Wildman–Crippen MR) is 152 cm³/mol. The highest BCUT2D eigenvalue weighted by atomic mass is 16.6. The van der Waals surface area contributed by atoms with Crippen LogP contribution >= 0.6 is 0 Å². The van der Waals surface area contributed by atoms with Gasteiger partial charge in [-0.1, -0.05) is 99.9 Å². The molecule has 2 aromatic rings. The van der Waals surface area contributed by atoms with Crippen LogP contribution in [0.15, 0.2) is 48.5 Å². The quantitative estimate of drug-likeness (QED) is 0.302. The van der Waals surface area contributed by atoms with Crippen LogP contribution in [0, 0.1) is 11.8 Å². The van der Waals surface area contributed by atoms with Gasteiger partial charge in [-0.05, 0) is 65.0 Å². The molecule has 0 aliphatic carbocycles. The number of esters is 2. The van der Waals surface area contributed by atoms with Crippen molar-refractivity contribution in [2.75, 3.05) is 0 Å². The van der Waals surface area contributed by atoms with E-state index in [1.165, 1.54) is 11.1 Å². The van der Waals surface area contributed by atoms with Crippen LogP contribution in [0.3, 0.4) is 0 Å². The number of carbonyl (C=O) groups is 2. The summed E-state index contributed by atoms with van der Waals surface area (Å²) in [5, 5.41) is 0. The first-order valence-electron chi connectivity index (χ1n) is 13.8. The Morgan fingerprint density at radius 3 is 1.43 bits per heavy atom. The molecule has 4 nitrogen and oxygen atoms in total. The smallest absolute Gasteiger partial charge is 0.338 e. The Kier molecular flexibility index (Phi) is 10.6. The summed E-state index contributed by atoms with van der Waals surface area (Å²) in [6, 6.07) is 15.3. The van der Waals surface area contributed by atoms with Gasteiger partial charge in [0.05, 0.1) is 11.1 Å². The molecule has 0 saturated carbocycles. The normalized spacial score (nSPS) is 14.7. The van der Waals surface area contributed by atoms with Crippen molar-refractivity contribution in [1.82, 2.24) is 0 Å². The molecule has 0 bridgehead atoms. The third-order valence-corrected chi connectivity index (χ3v) is 7.08. The van der Waals surface area contributed by atoms with E-state index >= 15 is 0 Å². The van der Waals surface area contributed by atoms with Crippen LogP contribution in [0.4, 0.5) is 0 Å². The molecule has 37 heavy (non-hydrogen) atoms. The van der Waals surface area contributed by atoms with Crippen LogP contribution in [0.25, 0.3) is 0 Å². The van der Waals surface area contributed by atoms with Crippen molar-refractivity contribution >= 4 is 11.9 Å². The number of carbonyl (C=O) groups excluding carboxylic acids is 2. The van der Waals surface area contributed by atoms with Crippen LogP contribution in [0.5, 0.6) is 0 Å². The average Bonchev–Trinajstić information content (AvgIpc) is 2.82. The van der Waals surface area contributed by atoms with Crippen molar-refractivity contribution in [3.63, 3.8) is 0 Å². The van der Waals surface area contributed by atoms with Crippen molar-refractivity contribution in [2.45, 2.75) is 112 Å². The molecule has 0 aliphatic heterocycles. The van der Waals surface area contributed by atoms with E-state index in [1.807, 2.05) is 48.5 Å². The number of rotatable bonds is 10. The summed E-state index contributed by atoms with van der Waals surface area (Å²) < 4.78 is 12.2. The first kappa shape index (κ1) is 30.6. The van der Waals surface area contributed by atoms with Gasteiger partial charge in [-0.2, -0.15) is 0 Å². The van der Waals surface area contributed by atoms with Crippen LogP contribution < -0.4 is 0 Å². The van der Waals surface area contributed by atoms with Crippen LogP contribution in [-0.4, -0.2) is 24.1 Å². The van der Waals surface area contributed by atoms with Crippen molar-refractivity contribution < 1.29 is 19.1 Å². The fourth-order valence-electron chi connectivity index (χ4n) is 4.68. The zero-order chi connectivity index (χ0) is 28.0. The molecule has 0 heterocycles. The van der Waals surface area contributed by atoms with E-state index in [1.54, 1.807) is 0 Å². The van der Waals surface area contributed by atoms with Gasteiger partial charge < -0.3 is 9.47 Å². The minimum atomic E-state index is -0.368. The van der Waals surface area contributed by atoms with Crippen molar-refractivity contribution in [2.24, 2.45) is 11.8 Å². The van der Waals surface area contributed by atoms with E-state index in [9.17, 15) is 9.59 Å². The van der Waals surface area contributed by atoms with E-state index in [4.69, 9.17) is 9.47 Å². The predicted octanol–water partition coefficient (Wildman–Crippen LogP) is 8.51. The Hall–Kier alpha value is -2.62. The van der Waals surface area contributed by atoms with Gasteiger partial charge in [0.25, 0.3) is 0 Å². The summed E-state index contributed by atoms with van der Waals surface area (Å²) in [5.74, 6) is -0.691. The number of hydrogen-bond donors (Lipinski definition) is 0. The van der Waals surface area contributed by atoms with Gasteiger partial charge in [-0.15, -0.1) is 0 Å². The first-order valence-corrected chi connectivity index (χ1v) is 13.8. The average molecular weight is 509 g/mol. The lowest BCUT2D eigenvalue weighted by molar-refractivity contribution is -0.0505. The van der Waals surface area contributed by atoms with Crippen molar-refractivity contribution in [1.29, 1.82) is 0 Å². The van der Waals surface area contributed by atoms with Gasteiger partial charge in [0, 0.05) is 5.92 Å². The third kappa shape index (κ3) is 8.45. The van der Waals surface area contributed by atoms with Gasteiger partial charge in [0.1, 0.15) is 12.2 Å². The van der Waals surface area contributed by atoms with Crippen molar-refractivity contribution in [3.8, 4) is 0 Å². The molecule has 3 unspecified atom stereocenters. The summed E-state index contributed by atoms with van der Waals surface area (Å²) in [4.78, 5) is 26.3. The highest BCUT2D eigenvalue weighted by Gasteiger charge is 2.35. The Labute approximate surface area is 225 Å². The highest BCUT2D eigenvalue weighted by Crippen LogP contribution is 2.30. The molecular weight excluding hydrogens is 460 g/mol. The van der Waals surface area contributed by atoms with E-state index in [0.29, 0.717) is 17.5 Å². The van der Waals surface area contributed by atoms with E-state index < -0.39 is 0 Å². The second kappa shape index (κ2) is 12.8. The first-order chi connectivity index (χ1) is 17.2. The monoisotopic (exact) mass is 508 g/mol. The van der Waals surface area contributed by atoms with Gasteiger partial charge in [0.15, 0.2) is 0 Å². The van der Waals surface area contributed by atoms with Crippen molar-refractivity contribution in [3.05, 3.63) is 70.8 Å². The molecule has 0 spiro atoms. The molecule has 0 fully saturated rings. The van der Waals surface area contributed by atoms with Gasteiger partial charge in [-0.3, -0.25) is 0 Å². The maximum absolute atomic E-state index is 13.1. The molecule has 0 amide bonds. The molecule has 2 aromatic carbocycles. The lowest BCUT2D eigenvalue weighted by Crippen LogP contribution is -2.40. The fraction of sp³-hybridized carbons (Fsp3) is 0.576. The van der Waals surface area contributed by atoms with Crippen LogP contribution in [0.2, 0.25) is 0 Å². The number of hydrogen-bond acceptors (Lipinski definition) is 4. The number of ether oxygens (including phenoxy) is 2. The summed E-state index contributed by atoms with van der Waals surface area (Å²) >= 11 is 0. The topological polar surface area (TPSA) is 52.6 Å². The second-order valence-corrected chi connectivity index (χ2v) is 12.6. The van der Waals surface area contributed by atoms with Crippen LogP contribution in [0.1, 0.15) is 120 Å². The summed E-state index contributed by atoms with van der Waals surface area (Å²) in [6.07, 6.45) is 1.61. The SMILES string of the molecule is CCCC(OC(=O)c1ccc(C(C)(C)C)cc1)C(CC)C(OC(=O)c1ccc(C(C)(C)C)cc1)C(C)C. The van der Waals surface area contributed by atoms with E-state index in [0.717, 1.165) is 12.8 Å². The Bertz CT molecular complexity index is 1000. The Morgan fingerprint density at radius 1 is 0.703 bits per heavy atom. The molecule has 0 radical (unpaired) electrons. The summed E-state index contributed by atoms with van der Waals surface area (Å²) in [6.45, 7) is 21.2. The molecule has 0 aliphatic rings. The van der Waals surface area contributed by atoms with Gasteiger partial charge >= 0.3 is 11.9 Å². The van der Waals surface area contributed by atoms with Gasteiger partial charge in [0.2, 0.25) is 0 Å². The largest absolute Gasteiger partial charge is 0.458 e. The zero-order valence-corrected chi connectivity index (χ0v) is 24.7. The summed E-state index contributed by atoms with van der Waals surface area (Å²) in [7, 11) is 0. The van der Waals surface area contributed by atoms with E-state index in [2.05, 4.69) is 69.2 Å². The highest BCUT2D eigenvalue weighted by molar-refractivity contribution is 5.90. The minimum absolute atomic E-state index is 0.0144. The summed E-state index contributed by atoms with van der Waals surface area (Å²) in [5.41, 5.74) is 3.45. The molecule has 3 atom stereocenters. The molecule has 0 aromatic heterocycles. The maximum Gasteiger partial charge on any atom is 0.338 e. The lowest BCUT2D eigenvalue weighted by Gasteiger charge is -2.34. The molecule has 204 valence electrons. The molecule has 2 rings (SSSR count). The van der Waals surface area contributed by atoms with Gasteiger partial charge in [-0.25, -0.2) is 9.59 Å². The third-order valence-electron chi connectivity index (χ3n) is 7.08.